The Hall–Kier alpha value is -1.32. The standard InChI is InChI=1S/C18H18FNS/c19-15-5-3-4-14(8-15)18(11-20-12-18)9-13-10-21-17-7-2-1-6-16(13)17/h1-8,13,20H,9-12H2. The van der Waals surface area contributed by atoms with Crippen LogP contribution in [-0.2, 0) is 5.41 Å². The first kappa shape index (κ1) is 13.4. The van der Waals surface area contributed by atoms with Crippen molar-refractivity contribution in [1.29, 1.82) is 0 Å². The fourth-order valence-electron chi connectivity index (χ4n) is 3.58. The van der Waals surface area contributed by atoms with Crippen molar-refractivity contribution in [2.24, 2.45) is 0 Å². The zero-order valence-corrected chi connectivity index (χ0v) is 12.6. The molecule has 1 saturated heterocycles. The van der Waals surface area contributed by atoms with Gasteiger partial charge in [0, 0.05) is 29.2 Å². The van der Waals surface area contributed by atoms with Crippen molar-refractivity contribution in [2.75, 3.05) is 18.8 Å². The molecule has 1 unspecified atom stereocenters. The quantitative estimate of drug-likeness (QED) is 0.921. The van der Waals surface area contributed by atoms with E-state index in [4.69, 9.17) is 0 Å². The Morgan fingerprint density at radius 1 is 1.14 bits per heavy atom. The molecule has 2 aromatic carbocycles. The zero-order valence-electron chi connectivity index (χ0n) is 11.8. The summed E-state index contributed by atoms with van der Waals surface area (Å²) < 4.78 is 13.6. The summed E-state index contributed by atoms with van der Waals surface area (Å²) in [5.74, 6) is 1.60. The number of rotatable bonds is 3. The molecule has 0 radical (unpaired) electrons. The van der Waals surface area contributed by atoms with Crippen molar-refractivity contribution in [3.05, 3.63) is 65.5 Å². The molecule has 0 aliphatic carbocycles. The van der Waals surface area contributed by atoms with E-state index in [2.05, 4.69) is 35.6 Å². The van der Waals surface area contributed by atoms with Gasteiger partial charge in [-0.25, -0.2) is 4.39 Å². The van der Waals surface area contributed by atoms with E-state index in [9.17, 15) is 4.39 Å². The second-order valence-corrected chi connectivity index (χ2v) is 7.21. The Bertz CT molecular complexity index is 666. The molecule has 2 aliphatic rings. The number of hydrogen-bond acceptors (Lipinski definition) is 2. The van der Waals surface area contributed by atoms with Crippen LogP contribution in [-0.4, -0.2) is 18.8 Å². The lowest BCUT2D eigenvalue weighted by molar-refractivity contribution is 0.244. The summed E-state index contributed by atoms with van der Waals surface area (Å²) in [4.78, 5) is 1.42. The fraction of sp³-hybridized carbons (Fsp3) is 0.333. The van der Waals surface area contributed by atoms with Crippen LogP contribution in [0.15, 0.2) is 53.4 Å². The summed E-state index contributed by atoms with van der Waals surface area (Å²) in [5, 5.41) is 3.39. The van der Waals surface area contributed by atoms with Gasteiger partial charge in [-0.15, -0.1) is 11.8 Å². The minimum atomic E-state index is -0.125. The van der Waals surface area contributed by atoms with Gasteiger partial charge in [0.1, 0.15) is 5.82 Å². The summed E-state index contributed by atoms with van der Waals surface area (Å²) in [5.41, 5.74) is 2.73. The molecular formula is C18H18FNS. The summed E-state index contributed by atoms with van der Waals surface area (Å²) >= 11 is 1.96. The van der Waals surface area contributed by atoms with Crippen molar-refractivity contribution >= 4 is 11.8 Å². The number of benzene rings is 2. The van der Waals surface area contributed by atoms with Gasteiger partial charge in [-0.05, 0) is 41.7 Å². The predicted molar refractivity (Wildman–Crippen MR) is 85.5 cm³/mol. The van der Waals surface area contributed by atoms with Gasteiger partial charge in [0.2, 0.25) is 0 Å². The molecule has 1 atom stereocenters. The van der Waals surface area contributed by atoms with Gasteiger partial charge < -0.3 is 5.32 Å². The minimum absolute atomic E-state index is 0.102. The number of hydrogen-bond donors (Lipinski definition) is 1. The lowest BCUT2D eigenvalue weighted by Gasteiger charge is -2.45. The van der Waals surface area contributed by atoms with E-state index in [1.807, 2.05) is 17.8 Å². The van der Waals surface area contributed by atoms with E-state index in [1.54, 1.807) is 6.07 Å². The molecule has 2 heterocycles. The molecule has 3 heteroatoms. The Labute approximate surface area is 129 Å². The third-order valence-corrected chi connectivity index (χ3v) is 6.05. The van der Waals surface area contributed by atoms with E-state index in [1.165, 1.54) is 16.5 Å². The molecule has 0 spiro atoms. The van der Waals surface area contributed by atoms with Crippen LogP contribution in [0.1, 0.15) is 23.5 Å². The molecule has 2 aliphatic heterocycles. The smallest absolute Gasteiger partial charge is 0.123 e. The maximum atomic E-state index is 13.6. The lowest BCUT2D eigenvalue weighted by atomic mass is 9.69. The van der Waals surface area contributed by atoms with Gasteiger partial charge in [0.25, 0.3) is 0 Å². The highest BCUT2D eigenvalue weighted by Crippen LogP contribution is 2.46. The lowest BCUT2D eigenvalue weighted by Crippen LogP contribution is -2.57. The molecule has 0 aromatic heterocycles. The van der Waals surface area contributed by atoms with E-state index in [0.29, 0.717) is 5.92 Å². The normalized spacial score (nSPS) is 22.6. The molecule has 108 valence electrons. The molecule has 0 amide bonds. The largest absolute Gasteiger partial charge is 0.315 e. The fourth-order valence-corrected chi connectivity index (χ4v) is 4.84. The topological polar surface area (TPSA) is 12.0 Å². The van der Waals surface area contributed by atoms with Crippen LogP contribution in [0.25, 0.3) is 0 Å². The maximum absolute atomic E-state index is 13.6. The number of fused-ring (bicyclic) bond motifs is 1. The van der Waals surface area contributed by atoms with E-state index in [-0.39, 0.29) is 11.2 Å². The van der Waals surface area contributed by atoms with Gasteiger partial charge >= 0.3 is 0 Å². The number of thioether (sulfide) groups is 1. The van der Waals surface area contributed by atoms with Crippen molar-refractivity contribution in [2.45, 2.75) is 22.6 Å². The second-order valence-electron chi connectivity index (χ2n) is 6.14. The second kappa shape index (κ2) is 5.15. The highest BCUT2D eigenvalue weighted by molar-refractivity contribution is 7.99. The predicted octanol–water partition coefficient (Wildman–Crippen LogP) is 3.95. The Morgan fingerprint density at radius 3 is 2.76 bits per heavy atom. The van der Waals surface area contributed by atoms with Crippen LogP contribution in [0.3, 0.4) is 0 Å². The van der Waals surface area contributed by atoms with Gasteiger partial charge in [-0.2, -0.15) is 0 Å². The van der Waals surface area contributed by atoms with Crippen molar-refractivity contribution in [3.63, 3.8) is 0 Å². The van der Waals surface area contributed by atoms with Crippen LogP contribution in [0.2, 0.25) is 0 Å². The van der Waals surface area contributed by atoms with Crippen LogP contribution in [0.4, 0.5) is 4.39 Å². The highest BCUT2D eigenvalue weighted by atomic mass is 32.2. The molecule has 1 nitrogen and oxygen atoms in total. The number of nitrogens with one attached hydrogen (secondary N) is 1. The van der Waals surface area contributed by atoms with Gasteiger partial charge in [0.15, 0.2) is 0 Å². The monoisotopic (exact) mass is 299 g/mol. The van der Waals surface area contributed by atoms with Gasteiger partial charge in [0.05, 0.1) is 0 Å². The summed E-state index contributed by atoms with van der Waals surface area (Å²) in [6, 6.07) is 15.9. The van der Waals surface area contributed by atoms with E-state index < -0.39 is 0 Å². The minimum Gasteiger partial charge on any atom is -0.315 e. The summed E-state index contributed by atoms with van der Waals surface area (Å²) in [6.07, 6.45) is 1.10. The molecule has 1 N–H and O–H groups in total. The summed E-state index contributed by atoms with van der Waals surface area (Å²) in [6.45, 7) is 1.92. The third kappa shape index (κ3) is 2.29. The van der Waals surface area contributed by atoms with Crippen molar-refractivity contribution < 1.29 is 4.39 Å². The van der Waals surface area contributed by atoms with Crippen LogP contribution < -0.4 is 5.32 Å². The van der Waals surface area contributed by atoms with Crippen LogP contribution in [0, 0.1) is 5.82 Å². The van der Waals surface area contributed by atoms with Crippen molar-refractivity contribution in [1.82, 2.24) is 5.32 Å². The molecule has 0 bridgehead atoms. The average Bonchev–Trinajstić information content (AvgIpc) is 2.86. The van der Waals surface area contributed by atoms with Crippen LogP contribution >= 0.6 is 11.8 Å². The molecule has 21 heavy (non-hydrogen) atoms. The maximum Gasteiger partial charge on any atom is 0.123 e. The Morgan fingerprint density at radius 2 is 2.00 bits per heavy atom. The Balaban J connectivity index is 1.64. The zero-order chi connectivity index (χ0) is 14.3. The molecule has 4 rings (SSSR count). The Kier molecular flexibility index (Phi) is 3.27. The number of halogens is 1. The summed E-state index contributed by atoms with van der Waals surface area (Å²) in [7, 11) is 0. The van der Waals surface area contributed by atoms with Gasteiger partial charge in [-0.3, -0.25) is 0 Å². The van der Waals surface area contributed by atoms with E-state index in [0.717, 1.165) is 30.8 Å². The molecule has 0 saturated carbocycles. The molecule has 1 fully saturated rings. The van der Waals surface area contributed by atoms with Gasteiger partial charge in [-0.1, -0.05) is 30.3 Å². The molecular weight excluding hydrogens is 281 g/mol. The highest BCUT2D eigenvalue weighted by Gasteiger charge is 2.42. The first-order valence-electron chi connectivity index (χ1n) is 7.45. The SMILES string of the molecule is Fc1cccc(C2(CC3CSc4ccccc43)CNC2)c1. The first-order valence-corrected chi connectivity index (χ1v) is 8.44. The third-order valence-electron chi connectivity index (χ3n) is 4.80. The first-order chi connectivity index (χ1) is 10.3. The van der Waals surface area contributed by atoms with E-state index >= 15 is 0 Å². The van der Waals surface area contributed by atoms with Crippen LogP contribution in [0.5, 0.6) is 0 Å². The molecule has 2 aromatic rings. The average molecular weight is 299 g/mol. The van der Waals surface area contributed by atoms with Crippen molar-refractivity contribution in [3.8, 4) is 0 Å².